The molecule has 0 aliphatic carbocycles. The molecule has 218 valence electrons. The van der Waals surface area contributed by atoms with Gasteiger partial charge in [-0.05, 0) is 81.3 Å². The van der Waals surface area contributed by atoms with Gasteiger partial charge >= 0.3 is 0 Å². The lowest BCUT2D eigenvalue weighted by atomic mass is 9.31. The second-order valence-electron chi connectivity index (χ2n) is 13.6. The molecule has 0 amide bonds. The van der Waals surface area contributed by atoms with E-state index in [1.807, 2.05) is 0 Å². The Labute approximate surface area is 275 Å². The number of fused-ring (bicyclic) bond motifs is 16. The van der Waals surface area contributed by atoms with Gasteiger partial charge in [-0.3, -0.25) is 0 Å². The van der Waals surface area contributed by atoms with Crippen molar-refractivity contribution in [2.24, 2.45) is 0 Å². The molecule has 0 unspecified atom stereocenters. The minimum absolute atomic E-state index is 0.0354. The number of rotatable bonds is 0. The average Bonchev–Trinajstić information content (AvgIpc) is 3.66. The number of para-hydroxylation sites is 4. The normalized spacial score (nSPS) is 14.1. The van der Waals surface area contributed by atoms with Crippen LogP contribution in [0.25, 0.3) is 55.0 Å². The minimum atomic E-state index is 0.0354. The largest absolute Gasteiger partial charge is 0.458 e. The Bertz CT molecular complexity index is 2790. The number of hydrogen-bond acceptors (Lipinski definition) is 2. The van der Waals surface area contributed by atoms with Crippen molar-refractivity contribution >= 4 is 89.8 Å². The van der Waals surface area contributed by atoms with Gasteiger partial charge in [-0.25, -0.2) is 0 Å². The Hall–Kier alpha value is -6.13. The van der Waals surface area contributed by atoms with Gasteiger partial charge in [-0.2, -0.15) is 0 Å². The highest BCUT2D eigenvalue weighted by Gasteiger charge is 2.45. The molecule has 7 aromatic carbocycles. The van der Waals surface area contributed by atoms with Crippen molar-refractivity contribution in [2.75, 3.05) is 0 Å². The first-order valence-corrected chi connectivity index (χ1v) is 16.7. The Morgan fingerprint density at radius 1 is 0.375 bits per heavy atom. The molecule has 48 heavy (non-hydrogen) atoms. The highest BCUT2D eigenvalue weighted by Crippen LogP contribution is 2.41. The standard InChI is InChI=1S/C42H22B2N2O2/c1-5-13-31-23(9-1)25-17-19-35-39-41(25)45(31)33-15-7-3-11-27(33)43(39)29-21-30-38(22-37(29)47-35)48-36-20-18-26-24-10-2-6-14-32(24)46-34-16-8-4-12-28(34)44(30)40(36)42(26)46/h1-22H. The van der Waals surface area contributed by atoms with E-state index in [0.29, 0.717) is 0 Å². The van der Waals surface area contributed by atoms with Crippen LogP contribution in [0.4, 0.5) is 0 Å². The monoisotopic (exact) mass is 608 g/mol. The van der Waals surface area contributed by atoms with Crippen molar-refractivity contribution in [1.82, 2.24) is 9.13 Å². The summed E-state index contributed by atoms with van der Waals surface area (Å²) in [5, 5.41) is 5.07. The number of benzene rings is 7. The lowest BCUT2D eigenvalue weighted by Crippen LogP contribution is -2.62. The first kappa shape index (κ1) is 24.1. The van der Waals surface area contributed by atoms with Gasteiger partial charge in [0.1, 0.15) is 23.0 Å². The minimum Gasteiger partial charge on any atom is -0.458 e. The summed E-state index contributed by atoms with van der Waals surface area (Å²) >= 11 is 0. The molecule has 0 radical (unpaired) electrons. The zero-order valence-corrected chi connectivity index (χ0v) is 25.6. The molecule has 6 heteroatoms. The zero-order chi connectivity index (χ0) is 30.8. The summed E-state index contributed by atoms with van der Waals surface area (Å²) in [7, 11) is 0. The number of aromatic nitrogens is 2. The molecule has 13 rings (SSSR count). The zero-order valence-electron chi connectivity index (χ0n) is 25.6. The molecule has 9 aromatic rings. The van der Waals surface area contributed by atoms with Crippen LogP contribution in [0.15, 0.2) is 133 Å². The van der Waals surface area contributed by atoms with Crippen LogP contribution in [0.3, 0.4) is 0 Å². The summed E-state index contributed by atoms with van der Waals surface area (Å²) in [6.07, 6.45) is 0. The van der Waals surface area contributed by atoms with E-state index in [1.165, 1.54) is 87.8 Å². The highest BCUT2D eigenvalue weighted by atomic mass is 16.5. The number of ether oxygens (including phenoxy) is 2. The first-order chi connectivity index (χ1) is 23.8. The molecule has 4 aliphatic rings. The van der Waals surface area contributed by atoms with Crippen molar-refractivity contribution in [3.05, 3.63) is 133 Å². The third-order valence-corrected chi connectivity index (χ3v) is 11.4. The van der Waals surface area contributed by atoms with E-state index in [9.17, 15) is 0 Å². The van der Waals surface area contributed by atoms with E-state index >= 15 is 0 Å². The van der Waals surface area contributed by atoms with E-state index in [1.54, 1.807) is 0 Å². The smallest absolute Gasteiger partial charge is 0.256 e. The van der Waals surface area contributed by atoms with E-state index in [2.05, 4.69) is 143 Å². The molecule has 0 atom stereocenters. The predicted molar refractivity (Wildman–Crippen MR) is 197 cm³/mol. The van der Waals surface area contributed by atoms with Crippen molar-refractivity contribution in [2.45, 2.75) is 0 Å². The van der Waals surface area contributed by atoms with Crippen molar-refractivity contribution in [3.8, 4) is 34.4 Å². The van der Waals surface area contributed by atoms with Crippen LogP contribution in [-0.4, -0.2) is 22.6 Å². The van der Waals surface area contributed by atoms with Crippen molar-refractivity contribution in [3.63, 3.8) is 0 Å². The second-order valence-corrected chi connectivity index (χ2v) is 13.6. The second kappa shape index (κ2) is 8.04. The summed E-state index contributed by atoms with van der Waals surface area (Å²) in [6, 6.07) is 48.7. The van der Waals surface area contributed by atoms with Crippen LogP contribution in [0, 0.1) is 0 Å². The van der Waals surface area contributed by atoms with Crippen LogP contribution in [-0.2, 0) is 0 Å². The first-order valence-electron chi connectivity index (χ1n) is 16.7. The molecule has 4 aliphatic heterocycles. The van der Waals surface area contributed by atoms with Crippen LogP contribution in [0.5, 0.6) is 23.0 Å². The molecular formula is C42H22B2N2O2. The summed E-state index contributed by atoms with van der Waals surface area (Å²) in [5.41, 5.74) is 14.9. The fourth-order valence-electron chi connectivity index (χ4n) is 9.65. The lowest BCUT2D eigenvalue weighted by Gasteiger charge is -2.36. The van der Waals surface area contributed by atoms with Gasteiger partial charge < -0.3 is 18.6 Å². The molecule has 0 saturated carbocycles. The fraction of sp³-hybridized carbons (Fsp3) is 0. The number of nitrogens with zero attached hydrogens (tertiary/aromatic N) is 2. The molecule has 0 bridgehead atoms. The third kappa shape index (κ3) is 2.61. The summed E-state index contributed by atoms with van der Waals surface area (Å²) in [6.45, 7) is 0.0708. The van der Waals surface area contributed by atoms with Crippen molar-refractivity contribution < 1.29 is 9.47 Å². The molecule has 0 saturated heterocycles. The van der Waals surface area contributed by atoms with Crippen LogP contribution < -0.4 is 42.3 Å². The fourth-order valence-corrected chi connectivity index (χ4v) is 9.65. The molecule has 4 nitrogen and oxygen atoms in total. The van der Waals surface area contributed by atoms with Crippen LogP contribution in [0.1, 0.15) is 0 Å². The summed E-state index contributed by atoms with van der Waals surface area (Å²) in [4.78, 5) is 0. The molecule has 2 aromatic heterocycles. The molecular weight excluding hydrogens is 586 g/mol. The lowest BCUT2D eigenvalue weighted by molar-refractivity contribution is 0.466. The topological polar surface area (TPSA) is 28.3 Å². The van der Waals surface area contributed by atoms with E-state index < -0.39 is 0 Å². The molecule has 0 spiro atoms. The van der Waals surface area contributed by atoms with Gasteiger partial charge in [-0.15, -0.1) is 0 Å². The molecule has 0 fully saturated rings. The third-order valence-electron chi connectivity index (χ3n) is 11.4. The Morgan fingerprint density at radius 2 is 0.833 bits per heavy atom. The Morgan fingerprint density at radius 3 is 1.35 bits per heavy atom. The van der Waals surface area contributed by atoms with Crippen LogP contribution >= 0.6 is 0 Å². The summed E-state index contributed by atoms with van der Waals surface area (Å²) in [5.74, 6) is 3.58. The maximum absolute atomic E-state index is 6.87. The number of hydrogen-bond donors (Lipinski definition) is 0. The van der Waals surface area contributed by atoms with Gasteiger partial charge in [-0.1, -0.05) is 78.9 Å². The van der Waals surface area contributed by atoms with Crippen molar-refractivity contribution in [1.29, 1.82) is 0 Å². The van der Waals surface area contributed by atoms with Gasteiger partial charge in [0.25, 0.3) is 13.4 Å². The summed E-state index contributed by atoms with van der Waals surface area (Å²) < 4.78 is 18.7. The molecule has 6 heterocycles. The average molecular weight is 608 g/mol. The Kier molecular flexibility index (Phi) is 4.04. The van der Waals surface area contributed by atoms with Gasteiger partial charge in [0.15, 0.2) is 0 Å². The quantitative estimate of drug-likeness (QED) is 0.205. The SMILES string of the molecule is c1ccc2c(c1)B1c3cc4c(cc3Oc3ccc5c6ccccc6n-2c5c31)Oc1ccc2c3ccccc3n3c2c1B4c1ccccc1-3. The maximum Gasteiger partial charge on any atom is 0.256 e. The van der Waals surface area contributed by atoms with Gasteiger partial charge in [0, 0.05) is 39.0 Å². The predicted octanol–water partition coefficient (Wildman–Crippen LogP) is 5.75. The van der Waals surface area contributed by atoms with Gasteiger partial charge in [0.05, 0.1) is 22.1 Å². The highest BCUT2D eigenvalue weighted by molar-refractivity contribution is 7.02. The van der Waals surface area contributed by atoms with E-state index in [4.69, 9.17) is 9.47 Å². The van der Waals surface area contributed by atoms with E-state index in [-0.39, 0.29) is 13.4 Å². The maximum atomic E-state index is 6.87. The van der Waals surface area contributed by atoms with Gasteiger partial charge in [0.2, 0.25) is 0 Å². The van der Waals surface area contributed by atoms with Crippen LogP contribution in [0.2, 0.25) is 0 Å². The Balaban J connectivity index is 1.13. The van der Waals surface area contributed by atoms with E-state index in [0.717, 1.165) is 23.0 Å². The molecule has 0 N–H and O–H groups in total.